The highest BCUT2D eigenvalue weighted by Gasteiger charge is 2.29. The Bertz CT molecular complexity index is 965. The molecule has 1 aromatic carbocycles. The summed E-state index contributed by atoms with van der Waals surface area (Å²) >= 11 is 3.39. The number of aryl methyl sites for hydroxylation is 1. The minimum Gasteiger partial charge on any atom is -0.330 e. The summed E-state index contributed by atoms with van der Waals surface area (Å²) in [5.74, 6) is -0.0171. The van der Waals surface area contributed by atoms with E-state index in [0.29, 0.717) is 17.9 Å². The van der Waals surface area contributed by atoms with Gasteiger partial charge in [-0.25, -0.2) is 9.50 Å². The van der Waals surface area contributed by atoms with Gasteiger partial charge in [-0.2, -0.15) is 5.10 Å². The molecule has 0 N–H and O–H groups in total. The third kappa shape index (κ3) is 2.74. The Labute approximate surface area is 154 Å². The SMILES string of the molecule is CCc1cc(C(=O)N2CCc3ccccc3C2C)nc2cc(Br)nn12. The first-order valence-corrected chi connectivity index (χ1v) is 9.31. The van der Waals surface area contributed by atoms with Gasteiger partial charge in [-0.05, 0) is 52.9 Å². The predicted octanol–water partition coefficient (Wildman–Crippen LogP) is 3.81. The highest BCUT2D eigenvalue weighted by Crippen LogP contribution is 2.30. The van der Waals surface area contributed by atoms with Crippen molar-refractivity contribution >= 4 is 27.5 Å². The Balaban J connectivity index is 1.73. The summed E-state index contributed by atoms with van der Waals surface area (Å²) in [5.41, 5.74) is 4.72. The van der Waals surface area contributed by atoms with Crippen molar-refractivity contribution in [2.24, 2.45) is 0 Å². The molecule has 25 heavy (non-hydrogen) atoms. The number of hydrogen-bond acceptors (Lipinski definition) is 3. The van der Waals surface area contributed by atoms with Crippen LogP contribution in [0.15, 0.2) is 41.0 Å². The van der Waals surface area contributed by atoms with E-state index in [1.807, 2.05) is 23.1 Å². The topological polar surface area (TPSA) is 50.5 Å². The molecule has 5 nitrogen and oxygen atoms in total. The van der Waals surface area contributed by atoms with Gasteiger partial charge < -0.3 is 4.90 Å². The van der Waals surface area contributed by atoms with Crippen molar-refractivity contribution < 1.29 is 4.79 Å². The Morgan fingerprint density at radius 1 is 1.32 bits per heavy atom. The van der Waals surface area contributed by atoms with E-state index < -0.39 is 0 Å². The normalized spacial score (nSPS) is 16.9. The number of halogens is 1. The van der Waals surface area contributed by atoms with Crippen LogP contribution in [0, 0.1) is 0 Å². The number of amides is 1. The molecule has 0 aliphatic carbocycles. The van der Waals surface area contributed by atoms with Gasteiger partial charge in [0.15, 0.2) is 5.65 Å². The molecule has 0 saturated carbocycles. The minimum absolute atomic E-state index is 0.0171. The van der Waals surface area contributed by atoms with E-state index in [4.69, 9.17) is 0 Å². The second-order valence-electron chi connectivity index (χ2n) is 6.35. The Morgan fingerprint density at radius 3 is 2.92 bits per heavy atom. The summed E-state index contributed by atoms with van der Waals surface area (Å²) in [4.78, 5) is 19.6. The molecule has 1 aliphatic heterocycles. The molecule has 1 aliphatic rings. The Hall–Kier alpha value is -2.21. The lowest BCUT2D eigenvalue weighted by Gasteiger charge is -2.35. The van der Waals surface area contributed by atoms with E-state index in [0.717, 1.165) is 23.1 Å². The molecule has 0 saturated heterocycles. The summed E-state index contributed by atoms with van der Waals surface area (Å²) < 4.78 is 2.51. The first kappa shape index (κ1) is 16.3. The van der Waals surface area contributed by atoms with E-state index in [9.17, 15) is 4.79 Å². The van der Waals surface area contributed by atoms with Gasteiger partial charge >= 0.3 is 0 Å². The molecule has 0 bridgehead atoms. The van der Waals surface area contributed by atoms with Gasteiger partial charge in [0.1, 0.15) is 10.3 Å². The minimum atomic E-state index is -0.0171. The monoisotopic (exact) mass is 398 g/mol. The quantitative estimate of drug-likeness (QED) is 0.659. The molecule has 1 atom stereocenters. The number of aromatic nitrogens is 3. The Morgan fingerprint density at radius 2 is 2.12 bits per heavy atom. The van der Waals surface area contributed by atoms with Crippen molar-refractivity contribution in [3.63, 3.8) is 0 Å². The molecule has 6 heteroatoms. The molecule has 3 heterocycles. The molecular weight excluding hydrogens is 380 g/mol. The van der Waals surface area contributed by atoms with E-state index in [1.165, 1.54) is 11.1 Å². The molecule has 4 rings (SSSR count). The van der Waals surface area contributed by atoms with E-state index in [-0.39, 0.29) is 11.9 Å². The van der Waals surface area contributed by atoms with Gasteiger partial charge in [-0.15, -0.1) is 0 Å². The van der Waals surface area contributed by atoms with Crippen molar-refractivity contribution in [3.8, 4) is 0 Å². The fourth-order valence-corrected chi connectivity index (χ4v) is 3.93. The largest absolute Gasteiger partial charge is 0.330 e. The molecule has 3 aromatic rings. The van der Waals surface area contributed by atoms with E-state index >= 15 is 0 Å². The lowest BCUT2D eigenvalue weighted by atomic mass is 9.93. The number of carbonyl (C=O) groups is 1. The zero-order chi connectivity index (χ0) is 17.6. The van der Waals surface area contributed by atoms with Crippen molar-refractivity contribution in [2.75, 3.05) is 6.54 Å². The van der Waals surface area contributed by atoms with E-state index in [1.54, 1.807) is 4.52 Å². The number of rotatable bonds is 2. The van der Waals surface area contributed by atoms with Gasteiger partial charge in [-0.3, -0.25) is 4.79 Å². The summed E-state index contributed by atoms with van der Waals surface area (Å²) in [6.07, 6.45) is 1.67. The van der Waals surface area contributed by atoms with Crippen LogP contribution in [0.3, 0.4) is 0 Å². The zero-order valence-corrected chi connectivity index (χ0v) is 15.8. The average Bonchev–Trinajstić information content (AvgIpc) is 3.01. The number of hydrogen-bond donors (Lipinski definition) is 0. The van der Waals surface area contributed by atoms with E-state index in [2.05, 4.69) is 58.1 Å². The molecular formula is C19H19BrN4O. The maximum atomic E-state index is 13.2. The summed E-state index contributed by atoms with van der Waals surface area (Å²) in [5, 5.41) is 4.39. The average molecular weight is 399 g/mol. The lowest BCUT2D eigenvalue weighted by molar-refractivity contribution is 0.0671. The second kappa shape index (κ2) is 6.26. The third-order valence-corrected chi connectivity index (χ3v) is 5.30. The van der Waals surface area contributed by atoms with Crippen molar-refractivity contribution in [1.82, 2.24) is 19.5 Å². The molecule has 1 amide bonds. The van der Waals surface area contributed by atoms with Crippen LogP contribution >= 0.6 is 15.9 Å². The first-order chi connectivity index (χ1) is 12.1. The number of fused-ring (bicyclic) bond motifs is 2. The Kier molecular flexibility index (Phi) is 4.07. The highest BCUT2D eigenvalue weighted by atomic mass is 79.9. The predicted molar refractivity (Wildman–Crippen MR) is 99.7 cm³/mol. The van der Waals surface area contributed by atoms with Crippen molar-refractivity contribution in [1.29, 1.82) is 0 Å². The van der Waals surface area contributed by atoms with Gasteiger partial charge in [0.05, 0.1) is 6.04 Å². The summed E-state index contributed by atoms with van der Waals surface area (Å²) in [6, 6.07) is 12.1. The summed E-state index contributed by atoms with van der Waals surface area (Å²) in [6.45, 7) is 4.86. The van der Waals surface area contributed by atoms with Crippen LogP contribution in [0.25, 0.3) is 5.65 Å². The fraction of sp³-hybridized carbons (Fsp3) is 0.316. The van der Waals surface area contributed by atoms with Crippen LogP contribution in [0.5, 0.6) is 0 Å². The third-order valence-electron chi connectivity index (χ3n) is 4.91. The molecule has 128 valence electrons. The van der Waals surface area contributed by atoms with Gasteiger partial charge in [0.2, 0.25) is 0 Å². The van der Waals surface area contributed by atoms with Crippen LogP contribution in [0.2, 0.25) is 0 Å². The van der Waals surface area contributed by atoms with Crippen molar-refractivity contribution in [2.45, 2.75) is 32.7 Å². The maximum absolute atomic E-state index is 13.2. The van der Waals surface area contributed by atoms with Gasteiger partial charge in [0.25, 0.3) is 5.91 Å². The fourth-order valence-electron chi connectivity index (χ4n) is 3.57. The maximum Gasteiger partial charge on any atom is 0.273 e. The van der Waals surface area contributed by atoms with Gasteiger partial charge in [0, 0.05) is 18.3 Å². The van der Waals surface area contributed by atoms with Gasteiger partial charge in [-0.1, -0.05) is 31.2 Å². The molecule has 1 unspecified atom stereocenters. The lowest BCUT2D eigenvalue weighted by Crippen LogP contribution is -2.39. The number of nitrogens with zero attached hydrogens (tertiary/aromatic N) is 4. The first-order valence-electron chi connectivity index (χ1n) is 8.52. The van der Waals surface area contributed by atoms with Crippen molar-refractivity contribution in [3.05, 3.63) is 63.5 Å². The van der Waals surface area contributed by atoms with Crippen LogP contribution in [-0.4, -0.2) is 31.9 Å². The number of carbonyl (C=O) groups excluding carboxylic acids is 1. The smallest absolute Gasteiger partial charge is 0.273 e. The molecule has 0 radical (unpaired) electrons. The standard InChI is InChI=1S/C19H19BrN4O/c1-3-14-10-16(21-18-11-17(20)22-24(14)18)19(25)23-9-8-13-6-4-5-7-15(13)12(23)2/h4-7,10-12H,3,8-9H2,1-2H3. The second-order valence-corrected chi connectivity index (χ2v) is 7.16. The molecule has 2 aromatic heterocycles. The summed E-state index contributed by atoms with van der Waals surface area (Å²) in [7, 11) is 0. The van der Waals surface area contributed by atoms with Crippen LogP contribution < -0.4 is 0 Å². The molecule has 0 spiro atoms. The molecule has 0 fully saturated rings. The van der Waals surface area contributed by atoms with Crippen LogP contribution in [-0.2, 0) is 12.8 Å². The van der Waals surface area contributed by atoms with Crippen LogP contribution in [0.4, 0.5) is 0 Å². The van der Waals surface area contributed by atoms with Crippen LogP contribution in [0.1, 0.15) is 47.2 Å². The number of benzene rings is 1. The zero-order valence-electron chi connectivity index (χ0n) is 14.2. The highest BCUT2D eigenvalue weighted by molar-refractivity contribution is 9.10.